The van der Waals surface area contributed by atoms with E-state index in [0.29, 0.717) is 0 Å². The van der Waals surface area contributed by atoms with Crippen molar-refractivity contribution in [1.82, 2.24) is 5.06 Å². The molecule has 1 rings (SSSR count). The van der Waals surface area contributed by atoms with Crippen molar-refractivity contribution in [2.24, 2.45) is 0 Å². The zero-order chi connectivity index (χ0) is 7.61. The van der Waals surface area contributed by atoms with E-state index in [-0.39, 0.29) is 6.54 Å². The summed E-state index contributed by atoms with van der Waals surface area (Å²) < 4.78 is 34.7. The highest BCUT2D eigenvalue weighted by Crippen LogP contribution is 2.17. The second-order valence-corrected chi connectivity index (χ2v) is 1.91. The van der Waals surface area contributed by atoms with Crippen LogP contribution in [-0.2, 0) is 4.84 Å². The van der Waals surface area contributed by atoms with Crippen molar-refractivity contribution in [3.05, 3.63) is 12.3 Å². The van der Waals surface area contributed by atoms with Crippen LogP contribution in [0.1, 0.15) is 0 Å². The molecule has 0 N–H and O–H groups in total. The quantitative estimate of drug-likeness (QED) is 0.563. The summed E-state index contributed by atoms with van der Waals surface area (Å²) in [6.07, 6.45) is -1.41. The molecule has 0 bridgehead atoms. The molecule has 0 saturated carbocycles. The summed E-state index contributed by atoms with van der Waals surface area (Å²) in [7, 11) is 0. The average Bonchev–Trinajstić information content (AvgIpc) is 2.12. The number of hydroxylamine groups is 2. The van der Waals surface area contributed by atoms with Gasteiger partial charge in [-0.3, -0.25) is 0 Å². The van der Waals surface area contributed by atoms with Gasteiger partial charge in [-0.05, 0) is 6.08 Å². The predicted molar refractivity (Wildman–Crippen MR) is 27.9 cm³/mol. The van der Waals surface area contributed by atoms with Gasteiger partial charge in [-0.2, -0.15) is 13.2 Å². The molecule has 0 fully saturated rings. The molecule has 0 aliphatic carbocycles. The molecule has 1 aliphatic heterocycles. The molecule has 1 heterocycles. The molecule has 0 aromatic carbocycles. The third-order valence-electron chi connectivity index (χ3n) is 0.971. The van der Waals surface area contributed by atoms with Gasteiger partial charge in [0.25, 0.3) is 0 Å². The van der Waals surface area contributed by atoms with E-state index in [2.05, 4.69) is 4.84 Å². The molecule has 0 aromatic rings. The summed E-state index contributed by atoms with van der Waals surface area (Å²) in [5.41, 5.74) is 0. The third-order valence-corrected chi connectivity index (χ3v) is 0.971. The van der Waals surface area contributed by atoms with Crippen LogP contribution in [0.2, 0.25) is 0 Å². The van der Waals surface area contributed by atoms with Crippen molar-refractivity contribution in [3.8, 4) is 0 Å². The monoisotopic (exact) mass is 153 g/mol. The van der Waals surface area contributed by atoms with Crippen LogP contribution < -0.4 is 0 Å². The smallest absolute Gasteiger partial charge is 0.404 e. The maximum Gasteiger partial charge on any atom is 0.404 e. The first kappa shape index (κ1) is 7.40. The highest BCUT2D eigenvalue weighted by atomic mass is 19.4. The van der Waals surface area contributed by atoms with Crippen LogP contribution in [0.15, 0.2) is 12.3 Å². The van der Waals surface area contributed by atoms with Crippen LogP contribution in [0.4, 0.5) is 13.2 Å². The molecule has 0 saturated heterocycles. The van der Waals surface area contributed by atoms with E-state index < -0.39 is 12.7 Å². The zero-order valence-electron chi connectivity index (χ0n) is 5.06. The number of alkyl halides is 3. The molecule has 0 atom stereocenters. The minimum atomic E-state index is -4.17. The molecule has 58 valence electrons. The zero-order valence-corrected chi connectivity index (χ0v) is 5.06. The number of nitrogens with zero attached hydrogens (tertiary/aromatic N) is 1. The highest BCUT2D eigenvalue weighted by Gasteiger charge is 2.31. The van der Waals surface area contributed by atoms with Gasteiger partial charge in [-0.15, -0.1) is 5.06 Å². The first-order valence-electron chi connectivity index (χ1n) is 2.71. The minimum absolute atomic E-state index is 0.208. The minimum Gasteiger partial charge on any atom is -0.413 e. The Morgan fingerprint density at radius 2 is 2.20 bits per heavy atom. The Balaban J connectivity index is 2.26. The van der Waals surface area contributed by atoms with Gasteiger partial charge in [0.2, 0.25) is 0 Å². The van der Waals surface area contributed by atoms with E-state index in [1.165, 1.54) is 12.3 Å². The van der Waals surface area contributed by atoms with Crippen molar-refractivity contribution in [1.29, 1.82) is 0 Å². The molecule has 2 nitrogen and oxygen atoms in total. The molecule has 0 spiro atoms. The summed E-state index contributed by atoms with van der Waals surface area (Å²) in [6, 6.07) is 0. The fourth-order valence-corrected chi connectivity index (χ4v) is 0.635. The largest absolute Gasteiger partial charge is 0.413 e. The van der Waals surface area contributed by atoms with Gasteiger partial charge >= 0.3 is 6.18 Å². The number of hydrogen-bond acceptors (Lipinski definition) is 2. The summed E-state index contributed by atoms with van der Waals surface area (Å²) in [6.45, 7) is -0.806. The normalized spacial score (nSPS) is 19.5. The van der Waals surface area contributed by atoms with Gasteiger partial charge in [0, 0.05) is 0 Å². The fraction of sp³-hybridized carbons (Fsp3) is 0.600. The van der Waals surface area contributed by atoms with Crippen LogP contribution >= 0.6 is 0 Å². The van der Waals surface area contributed by atoms with E-state index >= 15 is 0 Å². The average molecular weight is 153 g/mol. The van der Waals surface area contributed by atoms with E-state index in [1.54, 1.807) is 0 Å². The first-order valence-corrected chi connectivity index (χ1v) is 2.71. The van der Waals surface area contributed by atoms with Crippen molar-refractivity contribution >= 4 is 0 Å². The van der Waals surface area contributed by atoms with Gasteiger partial charge in [0.15, 0.2) is 0 Å². The maximum absolute atomic E-state index is 11.6. The predicted octanol–water partition coefficient (Wildman–Crippen LogP) is 1.31. The van der Waals surface area contributed by atoms with Crippen molar-refractivity contribution in [2.75, 3.05) is 13.1 Å². The molecule has 0 amide bonds. The van der Waals surface area contributed by atoms with Crippen LogP contribution in [0, 0.1) is 0 Å². The van der Waals surface area contributed by atoms with Crippen LogP contribution in [0.5, 0.6) is 0 Å². The molecule has 0 aromatic heterocycles. The Labute approximate surface area is 55.8 Å². The summed E-state index contributed by atoms with van der Waals surface area (Å²) in [4.78, 5) is 4.46. The lowest BCUT2D eigenvalue weighted by Crippen LogP contribution is -2.30. The molecule has 5 heteroatoms. The van der Waals surface area contributed by atoms with E-state index in [4.69, 9.17) is 0 Å². The molecular weight excluding hydrogens is 147 g/mol. The summed E-state index contributed by atoms with van der Waals surface area (Å²) in [5, 5.41) is 0.833. The van der Waals surface area contributed by atoms with Crippen LogP contribution in [-0.4, -0.2) is 24.3 Å². The van der Waals surface area contributed by atoms with Gasteiger partial charge in [0.1, 0.15) is 12.8 Å². The number of hydrogen-bond donors (Lipinski definition) is 0. The van der Waals surface area contributed by atoms with Crippen LogP contribution in [0.25, 0.3) is 0 Å². The Bertz CT molecular complexity index is 134. The van der Waals surface area contributed by atoms with E-state index in [0.717, 1.165) is 5.06 Å². The molecular formula is C5H6F3NO. The Hall–Kier alpha value is -0.710. The van der Waals surface area contributed by atoms with Gasteiger partial charge in [-0.1, -0.05) is 0 Å². The lowest BCUT2D eigenvalue weighted by atomic mass is 10.5. The molecule has 1 aliphatic rings. The maximum atomic E-state index is 11.6. The lowest BCUT2D eigenvalue weighted by Gasteiger charge is -2.15. The van der Waals surface area contributed by atoms with E-state index in [9.17, 15) is 13.2 Å². The molecule has 0 unspecified atom stereocenters. The Morgan fingerprint density at radius 3 is 2.60 bits per heavy atom. The number of rotatable bonds is 1. The molecule has 10 heavy (non-hydrogen) atoms. The van der Waals surface area contributed by atoms with Gasteiger partial charge < -0.3 is 4.84 Å². The lowest BCUT2D eigenvalue weighted by molar-refractivity contribution is -0.201. The number of halogens is 3. The first-order chi connectivity index (χ1) is 4.58. The summed E-state index contributed by atoms with van der Waals surface area (Å²) in [5.74, 6) is 0. The van der Waals surface area contributed by atoms with E-state index in [1.807, 2.05) is 0 Å². The van der Waals surface area contributed by atoms with Crippen molar-refractivity contribution < 1.29 is 18.0 Å². The van der Waals surface area contributed by atoms with Crippen molar-refractivity contribution in [2.45, 2.75) is 6.18 Å². The highest BCUT2D eigenvalue weighted by molar-refractivity contribution is 4.82. The van der Waals surface area contributed by atoms with Gasteiger partial charge in [-0.25, -0.2) is 0 Å². The second-order valence-electron chi connectivity index (χ2n) is 1.91. The fourth-order valence-electron chi connectivity index (χ4n) is 0.635. The van der Waals surface area contributed by atoms with Crippen molar-refractivity contribution in [3.63, 3.8) is 0 Å². The van der Waals surface area contributed by atoms with Gasteiger partial charge in [0.05, 0.1) is 6.54 Å². The molecule has 0 radical (unpaired) electrons. The standard InChI is InChI=1S/C5H6F3NO/c6-5(7,8)4-9-2-1-3-10-9/h1,3H,2,4H2. The Morgan fingerprint density at radius 1 is 1.50 bits per heavy atom. The summed E-state index contributed by atoms with van der Waals surface area (Å²) >= 11 is 0. The topological polar surface area (TPSA) is 12.5 Å². The Kier molecular flexibility index (Phi) is 1.85. The SMILES string of the molecule is FC(F)(F)CN1CC=CO1. The third kappa shape index (κ3) is 2.26. The second kappa shape index (κ2) is 2.49. The van der Waals surface area contributed by atoms with Crippen LogP contribution in [0.3, 0.4) is 0 Å².